The van der Waals surface area contributed by atoms with E-state index in [1.807, 2.05) is 0 Å². The van der Waals surface area contributed by atoms with Gasteiger partial charge in [0.1, 0.15) is 5.60 Å². The van der Waals surface area contributed by atoms with E-state index in [1.54, 1.807) is 6.92 Å². The van der Waals surface area contributed by atoms with Crippen molar-refractivity contribution in [3.8, 4) is 0 Å². The van der Waals surface area contributed by atoms with Crippen molar-refractivity contribution in [2.24, 2.45) is 0 Å². The van der Waals surface area contributed by atoms with Crippen molar-refractivity contribution in [1.29, 1.82) is 0 Å². The fourth-order valence-electron chi connectivity index (χ4n) is 2.06. The van der Waals surface area contributed by atoms with E-state index in [0.717, 1.165) is 6.42 Å². The molecule has 4 N–H and O–H groups in total. The van der Waals surface area contributed by atoms with Gasteiger partial charge in [0.05, 0.1) is 11.3 Å². The lowest BCUT2D eigenvalue weighted by atomic mass is 10.0. The maximum Gasteiger partial charge on any atom is 0.337 e. The molecule has 1 aromatic carbocycles. The van der Waals surface area contributed by atoms with Crippen LogP contribution in [0.2, 0.25) is 0 Å². The van der Waals surface area contributed by atoms with E-state index in [2.05, 4.69) is 5.32 Å². The average Bonchev–Trinajstić information content (AvgIpc) is 2.77. The molecule has 1 aliphatic rings. The van der Waals surface area contributed by atoms with Crippen molar-refractivity contribution in [2.45, 2.75) is 25.4 Å². The lowest BCUT2D eigenvalue weighted by Gasteiger charge is -2.22. The molecule has 2 rings (SSSR count). The van der Waals surface area contributed by atoms with Crippen LogP contribution in [0, 0.1) is 0 Å². The molecular weight excluding hydrogens is 248 g/mol. The number of nitrogen functional groups attached to an aromatic ring is 1. The molecule has 0 bridgehead atoms. The Bertz CT molecular complexity index is 521. The lowest BCUT2D eigenvalue weighted by Crippen LogP contribution is -2.39. The van der Waals surface area contributed by atoms with Gasteiger partial charge in [0.2, 0.25) is 0 Å². The largest absolute Gasteiger partial charge is 0.478 e. The maximum absolute atomic E-state index is 12.2. The molecule has 1 aromatic rings. The zero-order chi connectivity index (χ0) is 14.0. The van der Waals surface area contributed by atoms with Crippen LogP contribution < -0.4 is 11.1 Å². The third-order valence-electron chi connectivity index (χ3n) is 3.22. The summed E-state index contributed by atoms with van der Waals surface area (Å²) in [5, 5.41) is 11.7. The highest BCUT2D eigenvalue weighted by Crippen LogP contribution is 2.28. The van der Waals surface area contributed by atoms with Gasteiger partial charge in [-0.05, 0) is 38.0 Å². The molecule has 0 spiro atoms. The number of rotatable bonds is 3. The highest BCUT2D eigenvalue weighted by atomic mass is 16.5. The Hall–Kier alpha value is -2.08. The number of carboxylic acids is 1. The van der Waals surface area contributed by atoms with Crippen LogP contribution in [-0.4, -0.2) is 29.2 Å². The fraction of sp³-hybridized carbons (Fsp3) is 0.385. The number of nitrogens with one attached hydrogen (secondary N) is 1. The number of benzene rings is 1. The van der Waals surface area contributed by atoms with E-state index in [0.29, 0.717) is 18.7 Å². The predicted octanol–water partition coefficient (Wildman–Crippen LogP) is 1.47. The minimum Gasteiger partial charge on any atom is -0.478 e. The topological polar surface area (TPSA) is 102 Å². The highest BCUT2D eigenvalue weighted by molar-refractivity contribution is 6.03. The molecule has 0 aromatic heterocycles. The highest BCUT2D eigenvalue weighted by Gasteiger charge is 2.38. The van der Waals surface area contributed by atoms with E-state index in [1.165, 1.54) is 18.2 Å². The molecule has 19 heavy (non-hydrogen) atoms. The first-order valence-electron chi connectivity index (χ1n) is 6.00. The Morgan fingerprint density at radius 2 is 2.21 bits per heavy atom. The molecule has 1 amide bonds. The number of nitrogens with two attached hydrogens (primary N) is 1. The van der Waals surface area contributed by atoms with Crippen molar-refractivity contribution in [3.05, 3.63) is 23.8 Å². The third-order valence-corrected chi connectivity index (χ3v) is 3.22. The van der Waals surface area contributed by atoms with Crippen molar-refractivity contribution < 1.29 is 19.4 Å². The van der Waals surface area contributed by atoms with Crippen LogP contribution in [0.3, 0.4) is 0 Å². The second-order valence-corrected chi connectivity index (χ2v) is 4.75. The SMILES string of the molecule is CC1(C(=O)Nc2cc(N)ccc2C(=O)O)CCCO1. The van der Waals surface area contributed by atoms with E-state index >= 15 is 0 Å². The number of hydrogen-bond acceptors (Lipinski definition) is 4. The summed E-state index contributed by atoms with van der Waals surface area (Å²) in [6.07, 6.45) is 1.43. The van der Waals surface area contributed by atoms with Gasteiger partial charge in [0, 0.05) is 12.3 Å². The standard InChI is InChI=1S/C13H16N2O4/c1-13(5-2-6-19-13)12(18)15-10-7-8(14)3-4-9(10)11(16)17/h3-4,7H,2,5-6,14H2,1H3,(H,15,18)(H,16,17). The van der Waals surface area contributed by atoms with Crippen LogP contribution >= 0.6 is 0 Å². The van der Waals surface area contributed by atoms with Crippen LogP contribution in [0.4, 0.5) is 11.4 Å². The molecule has 1 fully saturated rings. The smallest absolute Gasteiger partial charge is 0.337 e. The summed E-state index contributed by atoms with van der Waals surface area (Å²) in [4.78, 5) is 23.2. The summed E-state index contributed by atoms with van der Waals surface area (Å²) >= 11 is 0. The second kappa shape index (κ2) is 4.89. The Balaban J connectivity index is 2.25. The molecule has 0 radical (unpaired) electrons. The van der Waals surface area contributed by atoms with Crippen LogP contribution in [0.15, 0.2) is 18.2 Å². The van der Waals surface area contributed by atoms with Gasteiger partial charge in [-0.2, -0.15) is 0 Å². The zero-order valence-electron chi connectivity index (χ0n) is 10.6. The van der Waals surface area contributed by atoms with Gasteiger partial charge in [0.25, 0.3) is 5.91 Å². The van der Waals surface area contributed by atoms with Gasteiger partial charge in [-0.25, -0.2) is 4.79 Å². The van der Waals surface area contributed by atoms with Gasteiger partial charge in [-0.3, -0.25) is 4.79 Å². The van der Waals surface area contributed by atoms with E-state index in [9.17, 15) is 9.59 Å². The summed E-state index contributed by atoms with van der Waals surface area (Å²) in [6, 6.07) is 4.28. The van der Waals surface area contributed by atoms with Gasteiger partial charge < -0.3 is 20.9 Å². The van der Waals surface area contributed by atoms with Crippen LogP contribution in [0.1, 0.15) is 30.1 Å². The molecule has 1 heterocycles. The lowest BCUT2D eigenvalue weighted by molar-refractivity contribution is -0.133. The average molecular weight is 264 g/mol. The number of hydrogen-bond donors (Lipinski definition) is 3. The van der Waals surface area contributed by atoms with Gasteiger partial charge >= 0.3 is 5.97 Å². The van der Waals surface area contributed by atoms with Crippen molar-refractivity contribution in [3.63, 3.8) is 0 Å². The summed E-state index contributed by atoms with van der Waals surface area (Å²) in [7, 11) is 0. The van der Waals surface area contributed by atoms with Crippen molar-refractivity contribution in [2.75, 3.05) is 17.7 Å². The second-order valence-electron chi connectivity index (χ2n) is 4.75. The maximum atomic E-state index is 12.2. The summed E-state index contributed by atoms with van der Waals surface area (Å²) in [6.45, 7) is 2.23. The number of aromatic carboxylic acids is 1. The molecule has 6 heteroatoms. The molecular formula is C13H16N2O4. The van der Waals surface area contributed by atoms with Gasteiger partial charge in [-0.15, -0.1) is 0 Å². The van der Waals surface area contributed by atoms with E-state index < -0.39 is 11.6 Å². The Morgan fingerprint density at radius 3 is 2.79 bits per heavy atom. The number of amides is 1. The number of carbonyl (C=O) groups excluding carboxylic acids is 1. The number of carboxylic acid groups (broad SMARTS) is 1. The minimum atomic E-state index is -1.12. The van der Waals surface area contributed by atoms with E-state index in [-0.39, 0.29) is 17.2 Å². The minimum absolute atomic E-state index is 0.00384. The first kappa shape index (κ1) is 13.4. The Morgan fingerprint density at radius 1 is 1.47 bits per heavy atom. The summed E-state index contributed by atoms with van der Waals surface area (Å²) in [5.41, 5.74) is 5.29. The molecule has 0 saturated carbocycles. The molecule has 0 aliphatic carbocycles. The zero-order valence-corrected chi connectivity index (χ0v) is 10.6. The van der Waals surface area contributed by atoms with Gasteiger partial charge in [-0.1, -0.05) is 0 Å². The summed E-state index contributed by atoms with van der Waals surface area (Å²) < 4.78 is 5.41. The first-order valence-corrected chi connectivity index (χ1v) is 6.00. The number of ether oxygens (including phenoxy) is 1. The molecule has 1 saturated heterocycles. The van der Waals surface area contributed by atoms with E-state index in [4.69, 9.17) is 15.6 Å². The number of anilines is 2. The molecule has 1 atom stereocenters. The summed E-state index contributed by atoms with van der Waals surface area (Å²) in [5.74, 6) is -1.47. The fourth-order valence-corrected chi connectivity index (χ4v) is 2.06. The third kappa shape index (κ3) is 2.68. The Labute approximate surface area is 110 Å². The van der Waals surface area contributed by atoms with Crippen molar-refractivity contribution in [1.82, 2.24) is 0 Å². The normalized spacial score (nSPS) is 22.2. The van der Waals surface area contributed by atoms with Gasteiger partial charge in [0.15, 0.2) is 0 Å². The quantitative estimate of drug-likeness (QED) is 0.718. The number of carbonyl (C=O) groups is 2. The molecule has 1 aliphatic heterocycles. The van der Waals surface area contributed by atoms with Crippen LogP contribution in [0.25, 0.3) is 0 Å². The predicted molar refractivity (Wildman–Crippen MR) is 70.0 cm³/mol. The molecule has 102 valence electrons. The molecule has 6 nitrogen and oxygen atoms in total. The van der Waals surface area contributed by atoms with Crippen LogP contribution in [-0.2, 0) is 9.53 Å². The first-order chi connectivity index (χ1) is 8.92. The Kier molecular flexibility index (Phi) is 3.44. The van der Waals surface area contributed by atoms with Crippen LogP contribution in [0.5, 0.6) is 0 Å². The molecule has 1 unspecified atom stereocenters. The monoisotopic (exact) mass is 264 g/mol. The van der Waals surface area contributed by atoms with Crippen molar-refractivity contribution >= 4 is 23.3 Å².